The van der Waals surface area contributed by atoms with E-state index in [-0.39, 0.29) is 23.0 Å². The number of hydrogen-bond acceptors (Lipinski definition) is 2. The molecule has 0 heterocycles. The zero-order chi connectivity index (χ0) is 15.6. The van der Waals surface area contributed by atoms with Gasteiger partial charge in [0.2, 0.25) is 0 Å². The Balaban J connectivity index is 2.17. The lowest BCUT2D eigenvalue weighted by molar-refractivity contribution is -0.137. The van der Waals surface area contributed by atoms with E-state index in [1.54, 1.807) is 12.1 Å². The van der Waals surface area contributed by atoms with Crippen LogP contribution in [0.3, 0.4) is 0 Å². The Bertz CT molecular complexity index is 661. The van der Waals surface area contributed by atoms with Gasteiger partial charge in [0, 0.05) is 6.54 Å². The first-order valence-corrected chi connectivity index (χ1v) is 7.02. The smallest absolute Gasteiger partial charge is 0.416 e. The Labute approximate surface area is 132 Å². The predicted molar refractivity (Wildman–Crippen MR) is 79.6 cm³/mol. The Kier molecular flexibility index (Phi) is 4.68. The van der Waals surface area contributed by atoms with Crippen LogP contribution in [0.4, 0.5) is 18.9 Å². The van der Waals surface area contributed by atoms with E-state index in [0.717, 1.165) is 17.7 Å². The van der Waals surface area contributed by atoms with Gasteiger partial charge in [-0.05, 0) is 51.8 Å². The molecule has 0 unspecified atom stereocenters. The summed E-state index contributed by atoms with van der Waals surface area (Å²) >= 11 is 9.06. The van der Waals surface area contributed by atoms with Crippen molar-refractivity contribution < 1.29 is 18.3 Å². The SMILES string of the molecule is Oc1ccc(CNc2cc(C(F)(F)F)ccc2Cl)cc1Br. The van der Waals surface area contributed by atoms with E-state index < -0.39 is 11.7 Å². The summed E-state index contributed by atoms with van der Waals surface area (Å²) < 4.78 is 38.5. The van der Waals surface area contributed by atoms with Crippen LogP contribution in [0.5, 0.6) is 5.75 Å². The highest BCUT2D eigenvalue weighted by atomic mass is 79.9. The van der Waals surface area contributed by atoms with Crippen LogP contribution in [0.1, 0.15) is 11.1 Å². The zero-order valence-corrected chi connectivity index (χ0v) is 12.9. The summed E-state index contributed by atoms with van der Waals surface area (Å²) in [7, 11) is 0. The molecule has 7 heteroatoms. The number of phenolic OH excluding ortho intramolecular Hbond substituents is 1. The first-order chi connectivity index (χ1) is 9.77. The second-order valence-corrected chi connectivity index (χ2v) is 5.59. The van der Waals surface area contributed by atoms with Crippen LogP contribution in [-0.4, -0.2) is 5.11 Å². The standard InChI is InChI=1S/C14H10BrClF3NO/c15-10-5-8(1-4-13(10)21)7-20-12-6-9(14(17,18)19)2-3-11(12)16/h1-6,20-21H,7H2. The summed E-state index contributed by atoms with van der Waals surface area (Å²) in [4.78, 5) is 0. The van der Waals surface area contributed by atoms with Crippen LogP contribution in [0.25, 0.3) is 0 Å². The largest absolute Gasteiger partial charge is 0.507 e. The van der Waals surface area contributed by atoms with Crippen molar-refractivity contribution in [3.8, 4) is 5.75 Å². The van der Waals surface area contributed by atoms with Crippen LogP contribution in [0.15, 0.2) is 40.9 Å². The van der Waals surface area contributed by atoms with Gasteiger partial charge in [-0.3, -0.25) is 0 Å². The molecule has 0 aliphatic rings. The number of nitrogens with one attached hydrogen (secondary N) is 1. The fraction of sp³-hybridized carbons (Fsp3) is 0.143. The molecule has 0 spiro atoms. The number of phenols is 1. The van der Waals surface area contributed by atoms with Gasteiger partial charge in [0.15, 0.2) is 0 Å². The third kappa shape index (κ3) is 4.04. The highest BCUT2D eigenvalue weighted by Gasteiger charge is 2.30. The molecule has 0 saturated carbocycles. The van der Waals surface area contributed by atoms with Gasteiger partial charge in [0.05, 0.1) is 20.7 Å². The van der Waals surface area contributed by atoms with E-state index >= 15 is 0 Å². The van der Waals surface area contributed by atoms with Crippen molar-refractivity contribution >= 4 is 33.2 Å². The summed E-state index contributed by atoms with van der Waals surface area (Å²) in [5, 5.41) is 12.4. The van der Waals surface area contributed by atoms with E-state index in [9.17, 15) is 18.3 Å². The molecule has 21 heavy (non-hydrogen) atoms. The second-order valence-electron chi connectivity index (χ2n) is 4.33. The quantitative estimate of drug-likeness (QED) is 0.743. The minimum atomic E-state index is -4.41. The molecule has 2 aromatic rings. The van der Waals surface area contributed by atoms with Crippen LogP contribution < -0.4 is 5.32 Å². The molecule has 0 aromatic heterocycles. The molecule has 0 radical (unpaired) electrons. The Hall–Kier alpha value is -1.40. The van der Waals surface area contributed by atoms with Gasteiger partial charge in [0.1, 0.15) is 5.75 Å². The Morgan fingerprint density at radius 2 is 1.86 bits per heavy atom. The predicted octanol–water partition coefficient (Wildman–Crippen LogP) is 5.44. The normalized spacial score (nSPS) is 11.5. The summed E-state index contributed by atoms with van der Waals surface area (Å²) in [6.45, 7) is 0.278. The fourth-order valence-corrected chi connectivity index (χ4v) is 2.31. The zero-order valence-electron chi connectivity index (χ0n) is 10.5. The summed E-state index contributed by atoms with van der Waals surface area (Å²) in [5.74, 6) is 0.0934. The third-order valence-electron chi connectivity index (χ3n) is 2.79. The molecular weight excluding hydrogens is 371 g/mol. The molecule has 2 N–H and O–H groups in total. The molecule has 0 amide bonds. The van der Waals surface area contributed by atoms with Crippen molar-refractivity contribution in [2.75, 3.05) is 5.32 Å². The maximum absolute atomic E-state index is 12.7. The lowest BCUT2D eigenvalue weighted by atomic mass is 10.1. The highest BCUT2D eigenvalue weighted by Crippen LogP contribution is 2.34. The van der Waals surface area contributed by atoms with Crippen molar-refractivity contribution in [1.29, 1.82) is 0 Å². The molecule has 0 saturated heterocycles. The van der Waals surface area contributed by atoms with E-state index in [4.69, 9.17) is 11.6 Å². The fourth-order valence-electron chi connectivity index (χ4n) is 1.69. The molecule has 2 nitrogen and oxygen atoms in total. The molecular formula is C14H10BrClF3NO. The van der Waals surface area contributed by atoms with Crippen molar-refractivity contribution in [1.82, 2.24) is 0 Å². The van der Waals surface area contributed by atoms with E-state index in [0.29, 0.717) is 4.47 Å². The molecule has 2 aromatic carbocycles. The number of benzene rings is 2. The average Bonchev–Trinajstić information content (AvgIpc) is 2.40. The van der Waals surface area contributed by atoms with Gasteiger partial charge in [-0.25, -0.2) is 0 Å². The van der Waals surface area contributed by atoms with Gasteiger partial charge in [-0.2, -0.15) is 13.2 Å². The summed E-state index contributed by atoms with van der Waals surface area (Å²) in [6.07, 6.45) is -4.41. The number of anilines is 1. The maximum Gasteiger partial charge on any atom is 0.416 e. The van der Waals surface area contributed by atoms with Crippen molar-refractivity contribution in [2.24, 2.45) is 0 Å². The Morgan fingerprint density at radius 1 is 1.14 bits per heavy atom. The lowest BCUT2D eigenvalue weighted by Gasteiger charge is -2.12. The van der Waals surface area contributed by atoms with E-state index in [2.05, 4.69) is 21.2 Å². The minimum absolute atomic E-state index is 0.0934. The third-order valence-corrected chi connectivity index (χ3v) is 3.75. The average molecular weight is 381 g/mol. The maximum atomic E-state index is 12.7. The summed E-state index contributed by atoms with van der Waals surface area (Å²) in [6, 6.07) is 7.94. The van der Waals surface area contributed by atoms with Crippen LogP contribution >= 0.6 is 27.5 Å². The van der Waals surface area contributed by atoms with E-state index in [1.165, 1.54) is 12.1 Å². The molecule has 112 valence electrons. The van der Waals surface area contributed by atoms with Gasteiger partial charge < -0.3 is 10.4 Å². The van der Waals surface area contributed by atoms with Crippen LogP contribution in [-0.2, 0) is 12.7 Å². The van der Waals surface area contributed by atoms with Crippen LogP contribution in [0.2, 0.25) is 5.02 Å². The number of hydrogen-bond donors (Lipinski definition) is 2. The number of rotatable bonds is 3. The molecule has 0 fully saturated rings. The van der Waals surface area contributed by atoms with Gasteiger partial charge in [-0.15, -0.1) is 0 Å². The van der Waals surface area contributed by atoms with Gasteiger partial charge >= 0.3 is 6.18 Å². The summed E-state index contributed by atoms with van der Waals surface area (Å²) in [5.41, 5.74) is 0.227. The number of halogens is 5. The van der Waals surface area contributed by atoms with Gasteiger partial charge in [0.25, 0.3) is 0 Å². The Morgan fingerprint density at radius 3 is 2.48 bits per heavy atom. The molecule has 0 atom stereocenters. The van der Waals surface area contributed by atoms with E-state index in [1.807, 2.05) is 0 Å². The molecule has 2 rings (SSSR count). The minimum Gasteiger partial charge on any atom is -0.507 e. The lowest BCUT2D eigenvalue weighted by Crippen LogP contribution is -2.07. The number of aromatic hydroxyl groups is 1. The second kappa shape index (κ2) is 6.15. The molecule has 0 bridgehead atoms. The van der Waals surface area contributed by atoms with Crippen LogP contribution in [0, 0.1) is 0 Å². The highest BCUT2D eigenvalue weighted by molar-refractivity contribution is 9.10. The monoisotopic (exact) mass is 379 g/mol. The van der Waals surface area contributed by atoms with Crippen molar-refractivity contribution in [2.45, 2.75) is 12.7 Å². The topological polar surface area (TPSA) is 32.3 Å². The first-order valence-electron chi connectivity index (χ1n) is 5.85. The first kappa shape index (κ1) is 16.0. The van der Waals surface area contributed by atoms with Crippen molar-refractivity contribution in [3.05, 3.63) is 57.0 Å². The van der Waals surface area contributed by atoms with Gasteiger partial charge in [-0.1, -0.05) is 17.7 Å². The van der Waals surface area contributed by atoms with Crippen molar-refractivity contribution in [3.63, 3.8) is 0 Å². The molecule has 0 aliphatic heterocycles. The molecule has 0 aliphatic carbocycles. The number of alkyl halides is 3.